The first-order chi connectivity index (χ1) is 26.9. The molecule has 0 radical (unpaired) electrons. The third kappa shape index (κ3) is 12.0. The van der Waals surface area contributed by atoms with Crippen LogP contribution in [0.4, 0.5) is 4.79 Å². The van der Waals surface area contributed by atoms with E-state index in [2.05, 4.69) is 52.3 Å². The number of amides is 3. The Kier molecular flexibility index (Phi) is 15.8. The van der Waals surface area contributed by atoms with Gasteiger partial charge >= 0.3 is 12.1 Å². The van der Waals surface area contributed by atoms with Crippen LogP contribution in [0.2, 0.25) is 0 Å². The van der Waals surface area contributed by atoms with Crippen molar-refractivity contribution < 1.29 is 28.7 Å². The summed E-state index contributed by atoms with van der Waals surface area (Å²) in [5.74, 6) is -0.566. The van der Waals surface area contributed by atoms with Gasteiger partial charge in [-0.2, -0.15) is 11.8 Å². The van der Waals surface area contributed by atoms with E-state index in [-0.39, 0.29) is 31.1 Å². The van der Waals surface area contributed by atoms with Crippen LogP contribution in [0.25, 0.3) is 0 Å². The topological polar surface area (TPSA) is 123 Å². The molecule has 0 fully saturated rings. The van der Waals surface area contributed by atoms with Gasteiger partial charge in [-0.1, -0.05) is 152 Å². The van der Waals surface area contributed by atoms with Gasteiger partial charge < -0.3 is 25.4 Å². The molecule has 0 saturated heterocycles. The van der Waals surface area contributed by atoms with Crippen molar-refractivity contribution in [1.82, 2.24) is 16.0 Å². The molecule has 5 aromatic carbocycles. The molecule has 0 bridgehead atoms. The van der Waals surface area contributed by atoms with Crippen LogP contribution < -0.4 is 16.0 Å². The first-order valence-corrected chi connectivity index (χ1v) is 20.1. The van der Waals surface area contributed by atoms with Crippen LogP contribution in [0.5, 0.6) is 0 Å². The predicted octanol–water partition coefficient (Wildman–Crippen LogP) is 7.10. The number of carbonyl (C=O) groups excluding carboxylic acids is 4. The lowest BCUT2D eigenvalue weighted by atomic mass is 9.84. The van der Waals surface area contributed by atoms with E-state index in [0.717, 1.165) is 27.8 Å². The van der Waals surface area contributed by atoms with Gasteiger partial charge in [0, 0.05) is 30.2 Å². The second-order valence-electron chi connectivity index (χ2n) is 12.5. The van der Waals surface area contributed by atoms with E-state index in [1.807, 2.05) is 115 Å². The highest BCUT2D eigenvalue weighted by Gasteiger charge is 2.39. The van der Waals surface area contributed by atoms with Crippen LogP contribution in [0.15, 0.2) is 152 Å². The number of benzene rings is 5. The summed E-state index contributed by atoms with van der Waals surface area (Å²) in [5.41, 5.74) is 4.93. The molecule has 0 unspecified atom stereocenters. The van der Waals surface area contributed by atoms with Gasteiger partial charge in [0.25, 0.3) is 0 Å². The Morgan fingerprint density at radius 3 is 1.62 bits per heavy atom. The Hall–Kier alpha value is -5.52. The van der Waals surface area contributed by atoms with Crippen molar-refractivity contribution in [3.63, 3.8) is 0 Å². The average Bonchev–Trinajstić information content (AvgIpc) is 3.24. The Morgan fingerprint density at radius 1 is 0.618 bits per heavy atom. The number of rotatable bonds is 19. The van der Waals surface area contributed by atoms with Gasteiger partial charge in [0.15, 0.2) is 0 Å². The highest BCUT2D eigenvalue weighted by molar-refractivity contribution is 8.00. The number of thioether (sulfide) groups is 2. The molecule has 284 valence electrons. The molecule has 0 aliphatic rings. The zero-order valence-corrected chi connectivity index (χ0v) is 32.2. The summed E-state index contributed by atoms with van der Waals surface area (Å²) in [6.45, 7) is 0.107. The standard InChI is InChI=1S/C44H45N3O6S2/c1-52-42(50)39(32-55-44(35-21-11-4-12-22-35,36-23-13-5-14-24-36)37-25-15-6-16-26-37)47-41(49)38(31-54-30-34-19-9-3-10-20-34)46-40(48)27-28-45-43(51)53-29-33-17-7-2-8-18-33/h2-26,38-39H,27-32H2,1H3,(H,45,51)(H,46,48)(H,47,49)/t38-,39-/m1/s1. The first kappa shape index (κ1) is 40.7. The number of methoxy groups -OCH3 is 1. The van der Waals surface area contributed by atoms with E-state index in [1.54, 1.807) is 0 Å². The maximum absolute atomic E-state index is 14.0. The monoisotopic (exact) mass is 775 g/mol. The minimum atomic E-state index is -1.04. The minimum absolute atomic E-state index is 0.00686. The fourth-order valence-electron chi connectivity index (χ4n) is 5.93. The molecule has 9 nitrogen and oxygen atoms in total. The van der Waals surface area contributed by atoms with Gasteiger partial charge in [0.1, 0.15) is 18.7 Å². The van der Waals surface area contributed by atoms with Gasteiger partial charge in [-0.05, 0) is 27.8 Å². The summed E-state index contributed by atoms with van der Waals surface area (Å²) in [6, 6.07) is 47.2. The lowest BCUT2D eigenvalue weighted by Crippen LogP contribution is -2.54. The maximum atomic E-state index is 14.0. The third-order valence-corrected chi connectivity index (χ3v) is 11.4. The highest BCUT2D eigenvalue weighted by atomic mass is 32.2. The van der Waals surface area contributed by atoms with Crippen LogP contribution in [-0.2, 0) is 41.0 Å². The van der Waals surface area contributed by atoms with E-state index in [0.29, 0.717) is 5.75 Å². The molecule has 5 aromatic rings. The number of hydrogen-bond donors (Lipinski definition) is 3. The van der Waals surface area contributed by atoms with Gasteiger partial charge in [-0.15, -0.1) is 11.8 Å². The summed E-state index contributed by atoms with van der Waals surface area (Å²) in [6.07, 6.45) is -0.738. The molecule has 11 heteroatoms. The van der Waals surface area contributed by atoms with E-state index in [1.165, 1.54) is 30.6 Å². The molecule has 0 aromatic heterocycles. The lowest BCUT2D eigenvalue weighted by molar-refractivity contribution is -0.144. The summed E-state index contributed by atoms with van der Waals surface area (Å²) in [4.78, 5) is 52.8. The van der Waals surface area contributed by atoms with Crippen molar-refractivity contribution in [3.05, 3.63) is 179 Å². The first-order valence-electron chi connectivity index (χ1n) is 17.9. The Labute approximate surface area is 331 Å². The van der Waals surface area contributed by atoms with E-state index >= 15 is 0 Å². The quantitative estimate of drug-likeness (QED) is 0.0600. The summed E-state index contributed by atoms with van der Waals surface area (Å²) < 4.78 is 9.70. The van der Waals surface area contributed by atoms with Gasteiger partial charge in [-0.25, -0.2) is 9.59 Å². The number of ether oxygens (including phenoxy) is 2. The van der Waals surface area contributed by atoms with Gasteiger partial charge in [0.05, 0.1) is 11.9 Å². The zero-order chi connectivity index (χ0) is 38.7. The molecule has 55 heavy (non-hydrogen) atoms. The molecule has 2 atom stereocenters. The second kappa shape index (κ2) is 21.4. The highest BCUT2D eigenvalue weighted by Crippen LogP contribution is 2.48. The number of esters is 1. The van der Waals surface area contributed by atoms with Crippen LogP contribution in [-0.4, -0.2) is 61.1 Å². The van der Waals surface area contributed by atoms with Crippen molar-refractivity contribution >= 4 is 47.4 Å². The molecule has 3 amide bonds. The molecular formula is C44H45N3O6S2. The Bertz CT molecular complexity index is 1840. The fourth-order valence-corrected chi connectivity index (χ4v) is 8.49. The summed E-state index contributed by atoms with van der Waals surface area (Å²) in [5, 5.41) is 8.31. The zero-order valence-electron chi connectivity index (χ0n) is 30.6. The van der Waals surface area contributed by atoms with Crippen LogP contribution in [0.1, 0.15) is 34.2 Å². The molecule has 0 aliphatic heterocycles. The summed E-state index contributed by atoms with van der Waals surface area (Å²) in [7, 11) is 1.29. The average molecular weight is 776 g/mol. The van der Waals surface area contributed by atoms with Crippen molar-refractivity contribution in [2.75, 3.05) is 25.2 Å². The van der Waals surface area contributed by atoms with E-state index in [9.17, 15) is 19.2 Å². The molecule has 0 saturated carbocycles. The Balaban J connectivity index is 1.30. The largest absolute Gasteiger partial charge is 0.467 e. The maximum Gasteiger partial charge on any atom is 0.407 e. The van der Waals surface area contributed by atoms with Crippen LogP contribution in [0.3, 0.4) is 0 Å². The number of alkyl carbamates (subject to hydrolysis) is 1. The summed E-state index contributed by atoms with van der Waals surface area (Å²) >= 11 is 3.00. The minimum Gasteiger partial charge on any atom is -0.467 e. The van der Waals surface area contributed by atoms with Crippen molar-refractivity contribution in [3.8, 4) is 0 Å². The fraction of sp³-hybridized carbons (Fsp3) is 0.227. The van der Waals surface area contributed by atoms with Crippen molar-refractivity contribution in [2.24, 2.45) is 0 Å². The molecule has 3 N–H and O–H groups in total. The van der Waals surface area contributed by atoms with Crippen LogP contribution >= 0.6 is 23.5 Å². The molecular weight excluding hydrogens is 731 g/mol. The third-order valence-electron chi connectivity index (χ3n) is 8.69. The van der Waals surface area contributed by atoms with E-state index < -0.39 is 40.7 Å². The normalized spacial score (nSPS) is 12.1. The second-order valence-corrected chi connectivity index (χ2v) is 14.8. The van der Waals surface area contributed by atoms with E-state index in [4.69, 9.17) is 9.47 Å². The van der Waals surface area contributed by atoms with Crippen molar-refractivity contribution in [2.45, 2.75) is 35.6 Å². The lowest BCUT2D eigenvalue weighted by Gasteiger charge is -2.36. The number of hydrogen-bond acceptors (Lipinski definition) is 8. The smallest absolute Gasteiger partial charge is 0.407 e. The molecule has 0 aliphatic carbocycles. The molecule has 0 spiro atoms. The van der Waals surface area contributed by atoms with Crippen molar-refractivity contribution in [1.29, 1.82) is 0 Å². The van der Waals surface area contributed by atoms with Crippen LogP contribution in [0, 0.1) is 0 Å². The SMILES string of the molecule is COC(=O)[C@@H](CSC(c1ccccc1)(c1ccccc1)c1ccccc1)NC(=O)[C@@H](CSCc1ccccc1)NC(=O)CCNC(=O)OCc1ccccc1. The van der Waals surface area contributed by atoms with Gasteiger partial charge in [-0.3, -0.25) is 9.59 Å². The molecule has 5 rings (SSSR count). The number of carbonyl (C=O) groups is 4. The number of nitrogens with one attached hydrogen (secondary N) is 3. The van der Waals surface area contributed by atoms with Gasteiger partial charge in [0.2, 0.25) is 11.8 Å². The predicted molar refractivity (Wildman–Crippen MR) is 219 cm³/mol. The Morgan fingerprint density at radius 2 is 1.11 bits per heavy atom. The molecule has 0 heterocycles.